The van der Waals surface area contributed by atoms with Crippen molar-refractivity contribution >= 4 is 15.8 Å². The average Bonchev–Trinajstić information content (AvgIpc) is 2.41. The molecule has 0 atom stereocenters. The van der Waals surface area contributed by atoms with Gasteiger partial charge < -0.3 is 15.0 Å². The molecular weight excluding hydrogens is 290 g/mol. The zero-order chi connectivity index (χ0) is 15.9. The summed E-state index contributed by atoms with van der Waals surface area (Å²) in [5, 5.41) is 3.32. The third-order valence-electron chi connectivity index (χ3n) is 3.86. The highest BCUT2D eigenvalue weighted by atomic mass is 32.2. The van der Waals surface area contributed by atoms with E-state index in [0.29, 0.717) is 13.1 Å². The number of nitrogens with zero attached hydrogens (tertiary/aromatic N) is 2. The van der Waals surface area contributed by atoms with E-state index in [0.717, 1.165) is 38.4 Å². The van der Waals surface area contributed by atoms with E-state index in [1.54, 1.807) is 28.0 Å². The van der Waals surface area contributed by atoms with Crippen molar-refractivity contribution in [2.45, 2.75) is 37.9 Å². The largest absolute Gasteiger partial charge is 0.385 e. The molecule has 0 aromatic rings. The maximum absolute atomic E-state index is 12.0. The maximum Gasteiger partial charge on any atom is 0.193 e. The first kappa shape index (κ1) is 18.2. The van der Waals surface area contributed by atoms with Crippen molar-refractivity contribution in [1.82, 2.24) is 10.2 Å². The van der Waals surface area contributed by atoms with Crippen molar-refractivity contribution in [2.24, 2.45) is 4.99 Å². The minimum atomic E-state index is -3.01. The Balaban J connectivity index is 2.44. The van der Waals surface area contributed by atoms with E-state index >= 15 is 0 Å². The van der Waals surface area contributed by atoms with Gasteiger partial charge in [0, 0.05) is 40.4 Å². The van der Waals surface area contributed by atoms with E-state index in [9.17, 15) is 8.42 Å². The van der Waals surface area contributed by atoms with Crippen molar-refractivity contribution in [3.8, 4) is 0 Å². The summed E-state index contributed by atoms with van der Waals surface area (Å²) in [5.41, 5.74) is 0. The van der Waals surface area contributed by atoms with Crippen LogP contribution in [0.5, 0.6) is 0 Å². The summed E-state index contributed by atoms with van der Waals surface area (Å²) in [6.45, 7) is 6.21. The second-order valence-corrected chi connectivity index (χ2v) is 8.77. The molecule has 0 aliphatic carbocycles. The second-order valence-electron chi connectivity index (χ2n) is 6.03. The molecule has 0 radical (unpaired) electrons. The molecule has 0 saturated carbocycles. The Labute approximate surface area is 128 Å². The predicted octanol–water partition coefficient (Wildman–Crippen LogP) is 0.888. The normalized spacial score (nSPS) is 21.3. The molecule has 1 fully saturated rings. The Morgan fingerprint density at radius 3 is 2.62 bits per heavy atom. The molecule has 124 valence electrons. The predicted molar refractivity (Wildman–Crippen MR) is 86.5 cm³/mol. The molecule has 0 bridgehead atoms. The number of hydrogen-bond acceptors (Lipinski definition) is 4. The van der Waals surface area contributed by atoms with Gasteiger partial charge in [-0.05, 0) is 33.1 Å². The minimum absolute atomic E-state index is 0.189. The van der Waals surface area contributed by atoms with E-state index in [2.05, 4.69) is 10.3 Å². The molecule has 0 spiro atoms. The molecule has 0 aromatic heterocycles. The summed E-state index contributed by atoms with van der Waals surface area (Å²) >= 11 is 0. The summed E-state index contributed by atoms with van der Waals surface area (Å²) in [6, 6.07) is 0. The monoisotopic (exact) mass is 319 g/mol. The summed E-state index contributed by atoms with van der Waals surface area (Å²) in [4.78, 5) is 6.31. The van der Waals surface area contributed by atoms with Crippen LogP contribution in [0, 0.1) is 0 Å². The third kappa shape index (κ3) is 5.14. The van der Waals surface area contributed by atoms with Crippen LogP contribution < -0.4 is 5.32 Å². The van der Waals surface area contributed by atoms with Crippen LogP contribution in [0.4, 0.5) is 0 Å². The fourth-order valence-electron chi connectivity index (χ4n) is 2.41. The summed E-state index contributed by atoms with van der Waals surface area (Å²) in [5.74, 6) is 0.985. The lowest BCUT2D eigenvalue weighted by Gasteiger charge is -2.39. The summed E-state index contributed by atoms with van der Waals surface area (Å²) in [6.07, 6.45) is 3.22. The highest BCUT2D eigenvalue weighted by Crippen LogP contribution is 2.23. The highest BCUT2D eigenvalue weighted by Gasteiger charge is 2.40. The Morgan fingerprint density at radius 1 is 1.33 bits per heavy atom. The molecular formula is C14H29N3O3S. The number of ether oxygens (including phenoxy) is 1. The van der Waals surface area contributed by atoms with Crippen molar-refractivity contribution < 1.29 is 13.2 Å². The molecule has 7 heteroatoms. The number of unbranched alkanes of at least 4 members (excludes halogenated alkanes) is 2. The molecule has 1 N–H and O–H groups in total. The third-order valence-corrected chi connectivity index (χ3v) is 6.40. The molecule has 0 amide bonds. The quantitative estimate of drug-likeness (QED) is 0.447. The van der Waals surface area contributed by atoms with Gasteiger partial charge in [0.2, 0.25) is 0 Å². The molecule has 1 saturated heterocycles. The van der Waals surface area contributed by atoms with Crippen molar-refractivity contribution in [3.05, 3.63) is 0 Å². The summed E-state index contributed by atoms with van der Waals surface area (Å²) < 4.78 is 28.3. The van der Waals surface area contributed by atoms with E-state index in [-0.39, 0.29) is 5.75 Å². The van der Waals surface area contributed by atoms with Gasteiger partial charge in [-0.2, -0.15) is 0 Å². The van der Waals surface area contributed by atoms with Crippen LogP contribution >= 0.6 is 0 Å². The summed E-state index contributed by atoms with van der Waals surface area (Å²) in [7, 11) is 0.445. The minimum Gasteiger partial charge on any atom is -0.385 e. The number of nitrogens with one attached hydrogen (secondary N) is 1. The number of sulfone groups is 1. The molecule has 21 heavy (non-hydrogen) atoms. The lowest BCUT2D eigenvalue weighted by Crippen LogP contribution is -2.57. The van der Waals surface area contributed by atoms with E-state index in [1.165, 1.54) is 0 Å². The lowest BCUT2D eigenvalue weighted by atomic mass is 10.2. The van der Waals surface area contributed by atoms with Crippen molar-refractivity contribution in [2.75, 3.05) is 46.2 Å². The van der Waals surface area contributed by atoms with Crippen LogP contribution in [0.1, 0.15) is 33.1 Å². The van der Waals surface area contributed by atoms with Crippen LogP contribution in [0.15, 0.2) is 4.99 Å². The van der Waals surface area contributed by atoms with Gasteiger partial charge in [0.25, 0.3) is 0 Å². The molecule has 0 aromatic carbocycles. The van der Waals surface area contributed by atoms with Gasteiger partial charge >= 0.3 is 0 Å². The maximum atomic E-state index is 12.0. The van der Waals surface area contributed by atoms with E-state index < -0.39 is 14.6 Å². The smallest absolute Gasteiger partial charge is 0.193 e. The van der Waals surface area contributed by atoms with Crippen LogP contribution in [0.25, 0.3) is 0 Å². The van der Waals surface area contributed by atoms with Gasteiger partial charge in [0.05, 0.1) is 10.5 Å². The van der Waals surface area contributed by atoms with Gasteiger partial charge in [-0.1, -0.05) is 0 Å². The molecule has 1 heterocycles. The van der Waals surface area contributed by atoms with Crippen molar-refractivity contribution in [1.29, 1.82) is 0 Å². The zero-order valence-corrected chi connectivity index (χ0v) is 14.5. The van der Waals surface area contributed by atoms with Crippen LogP contribution in [0.2, 0.25) is 0 Å². The number of methoxy groups -OCH3 is 1. The van der Waals surface area contributed by atoms with Gasteiger partial charge in [-0.3, -0.25) is 4.99 Å². The standard InChI is InChI=1S/C14H29N3O3S/c1-14(2)12-17(9-11-21(14,18)19)13(15-3)16-8-6-5-7-10-20-4/h5-12H2,1-4H3,(H,15,16). The Morgan fingerprint density at radius 2 is 2.05 bits per heavy atom. The Kier molecular flexibility index (Phi) is 6.93. The van der Waals surface area contributed by atoms with E-state index in [1.807, 2.05) is 4.90 Å². The molecule has 0 unspecified atom stereocenters. The highest BCUT2D eigenvalue weighted by molar-refractivity contribution is 7.92. The van der Waals surface area contributed by atoms with Gasteiger partial charge in [-0.25, -0.2) is 8.42 Å². The van der Waals surface area contributed by atoms with Gasteiger partial charge in [0.15, 0.2) is 15.8 Å². The average molecular weight is 319 g/mol. The fraction of sp³-hybridized carbons (Fsp3) is 0.929. The van der Waals surface area contributed by atoms with Crippen LogP contribution in [-0.4, -0.2) is 70.2 Å². The molecule has 1 aliphatic heterocycles. The Bertz CT molecular complexity index is 446. The fourth-order valence-corrected chi connectivity index (χ4v) is 3.77. The first-order valence-corrected chi connectivity index (χ1v) is 9.16. The Hall–Kier alpha value is -0.820. The molecule has 1 aliphatic rings. The topological polar surface area (TPSA) is 71.0 Å². The second kappa shape index (κ2) is 7.98. The molecule has 1 rings (SSSR count). The van der Waals surface area contributed by atoms with Crippen molar-refractivity contribution in [3.63, 3.8) is 0 Å². The van der Waals surface area contributed by atoms with Gasteiger partial charge in [0.1, 0.15) is 0 Å². The SMILES string of the molecule is CN=C(NCCCCCOC)N1CCS(=O)(=O)C(C)(C)C1. The lowest BCUT2D eigenvalue weighted by molar-refractivity contribution is 0.192. The zero-order valence-electron chi connectivity index (χ0n) is 13.7. The first-order chi connectivity index (χ1) is 9.84. The number of guanidine groups is 1. The van der Waals surface area contributed by atoms with E-state index in [4.69, 9.17) is 4.74 Å². The van der Waals surface area contributed by atoms with Crippen LogP contribution in [-0.2, 0) is 14.6 Å². The number of aliphatic imine (C=N–C) groups is 1. The van der Waals surface area contributed by atoms with Gasteiger partial charge in [-0.15, -0.1) is 0 Å². The first-order valence-electron chi connectivity index (χ1n) is 7.51. The molecule has 6 nitrogen and oxygen atoms in total. The number of rotatable bonds is 6. The van der Waals surface area contributed by atoms with Crippen LogP contribution in [0.3, 0.4) is 0 Å². The number of hydrogen-bond donors (Lipinski definition) is 1.